The lowest BCUT2D eigenvalue weighted by molar-refractivity contribution is 0.0526. The van der Waals surface area contributed by atoms with Crippen LogP contribution in [0.5, 0.6) is 0 Å². The molecule has 0 saturated carbocycles. The van der Waals surface area contributed by atoms with Crippen molar-refractivity contribution in [1.82, 2.24) is 4.98 Å². The molecule has 0 unspecified atom stereocenters. The highest BCUT2D eigenvalue weighted by Gasteiger charge is 2.05. The molecule has 1 aromatic carbocycles. The van der Waals surface area contributed by atoms with Crippen molar-refractivity contribution in [2.75, 3.05) is 11.9 Å². The Morgan fingerprint density at radius 3 is 2.67 bits per heavy atom. The molecule has 0 spiro atoms. The van der Waals surface area contributed by atoms with Gasteiger partial charge in [-0.2, -0.15) is 0 Å². The minimum absolute atomic E-state index is 0.283. The summed E-state index contributed by atoms with van der Waals surface area (Å²) in [6, 6.07) is 9.28. The van der Waals surface area contributed by atoms with Crippen molar-refractivity contribution in [3.8, 4) is 0 Å². The van der Waals surface area contributed by atoms with Crippen molar-refractivity contribution < 1.29 is 9.53 Å². The van der Waals surface area contributed by atoms with Crippen LogP contribution in [0.25, 0.3) is 0 Å². The minimum Gasteiger partial charge on any atom is -0.462 e. The van der Waals surface area contributed by atoms with Crippen LogP contribution in [0.1, 0.15) is 22.8 Å². The third kappa shape index (κ3) is 3.13. The molecule has 4 nitrogen and oxygen atoms in total. The molecule has 2 N–H and O–H groups in total. The molecule has 0 aliphatic carbocycles. The monoisotopic (exact) mass is 244 g/mol. The van der Waals surface area contributed by atoms with Gasteiger partial charge in [-0.05, 0) is 42.8 Å². The lowest BCUT2D eigenvalue weighted by Crippen LogP contribution is -2.05. The van der Waals surface area contributed by atoms with Crippen LogP contribution in [0.15, 0.2) is 42.7 Å². The van der Waals surface area contributed by atoms with Gasteiger partial charge in [-0.15, -0.1) is 0 Å². The second-order valence-electron chi connectivity index (χ2n) is 3.87. The summed E-state index contributed by atoms with van der Waals surface area (Å²) >= 11 is 0. The number of rotatable bonds is 5. The average Bonchev–Trinajstić information content (AvgIpc) is 2.90. The second kappa shape index (κ2) is 5.91. The summed E-state index contributed by atoms with van der Waals surface area (Å²) in [5.74, 6) is -0.283. The van der Waals surface area contributed by atoms with E-state index in [1.807, 2.05) is 30.6 Å². The lowest BCUT2D eigenvalue weighted by atomic mass is 10.2. The zero-order valence-corrected chi connectivity index (χ0v) is 10.3. The van der Waals surface area contributed by atoms with Crippen LogP contribution in [0.3, 0.4) is 0 Å². The Hall–Kier alpha value is -2.23. The van der Waals surface area contributed by atoms with Gasteiger partial charge in [-0.25, -0.2) is 4.79 Å². The topological polar surface area (TPSA) is 54.1 Å². The highest BCUT2D eigenvalue weighted by molar-refractivity contribution is 5.89. The summed E-state index contributed by atoms with van der Waals surface area (Å²) < 4.78 is 4.92. The van der Waals surface area contributed by atoms with Crippen LogP contribution in [0.2, 0.25) is 0 Å². The van der Waals surface area contributed by atoms with E-state index in [1.54, 1.807) is 19.1 Å². The van der Waals surface area contributed by atoms with E-state index in [0.717, 1.165) is 12.2 Å². The second-order valence-corrected chi connectivity index (χ2v) is 3.87. The predicted molar refractivity (Wildman–Crippen MR) is 70.5 cm³/mol. The number of aromatic nitrogens is 1. The number of anilines is 1. The normalized spacial score (nSPS) is 10.1. The van der Waals surface area contributed by atoms with E-state index in [1.165, 1.54) is 5.56 Å². The van der Waals surface area contributed by atoms with Crippen LogP contribution < -0.4 is 5.32 Å². The summed E-state index contributed by atoms with van der Waals surface area (Å²) in [6.45, 7) is 2.94. The molecule has 0 radical (unpaired) electrons. The van der Waals surface area contributed by atoms with E-state index in [2.05, 4.69) is 10.3 Å². The first-order chi connectivity index (χ1) is 8.79. The predicted octanol–water partition coefficient (Wildman–Crippen LogP) is 2.80. The zero-order chi connectivity index (χ0) is 12.8. The molecule has 1 heterocycles. The number of hydrogen-bond donors (Lipinski definition) is 2. The molecule has 2 rings (SSSR count). The van der Waals surface area contributed by atoms with Gasteiger partial charge in [0.05, 0.1) is 12.2 Å². The van der Waals surface area contributed by atoms with Gasteiger partial charge < -0.3 is 15.0 Å². The van der Waals surface area contributed by atoms with Crippen LogP contribution in [0.4, 0.5) is 5.69 Å². The first-order valence-electron chi connectivity index (χ1n) is 5.92. The van der Waals surface area contributed by atoms with Gasteiger partial charge in [0, 0.05) is 24.6 Å². The van der Waals surface area contributed by atoms with Gasteiger partial charge in [0.15, 0.2) is 0 Å². The van der Waals surface area contributed by atoms with Crippen LogP contribution in [-0.2, 0) is 11.3 Å². The SMILES string of the molecule is CCOC(=O)c1ccc(NCc2cc[nH]c2)cc1. The first-order valence-corrected chi connectivity index (χ1v) is 5.92. The molecule has 0 fully saturated rings. The Kier molecular flexibility index (Phi) is 4.02. The Morgan fingerprint density at radius 2 is 2.06 bits per heavy atom. The number of aromatic amines is 1. The third-order valence-corrected chi connectivity index (χ3v) is 2.56. The van der Waals surface area contributed by atoms with Crippen molar-refractivity contribution in [2.24, 2.45) is 0 Å². The Balaban J connectivity index is 1.93. The van der Waals surface area contributed by atoms with E-state index < -0.39 is 0 Å². The molecular weight excluding hydrogens is 228 g/mol. The Bertz CT molecular complexity index is 489. The number of nitrogens with one attached hydrogen (secondary N) is 2. The van der Waals surface area contributed by atoms with Crippen LogP contribution in [-0.4, -0.2) is 17.6 Å². The summed E-state index contributed by atoms with van der Waals surface area (Å²) in [5.41, 5.74) is 2.73. The zero-order valence-electron chi connectivity index (χ0n) is 10.3. The minimum atomic E-state index is -0.283. The van der Waals surface area contributed by atoms with Gasteiger partial charge in [0.25, 0.3) is 0 Å². The number of carbonyl (C=O) groups excluding carboxylic acids is 1. The fourth-order valence-electron chi connectivity index (χ4n) is 1.61. The Labute approximate surface area is 106 Å². The van der Waals surface area contributed by atoms with E-state index in [0.29, 0.717) is 12.2 Å². The van der Waals surface area contributed by atoms with Crippen LogP contribution >= 0.6 is 0 Å². The lowest BCUT2D eigenvalue weighted by Gasteiger charge is -2.06. The molecule has 1 aromatic heterocycles. The number of hydrogen-bond acceptors (Lipinski definition) is 3. The Morgan fingerprint density at radius 1 is 1.28 bits per heavy atom. The molecule has 0 amide bonds. The largest absolute Gasteiger partial charge is 0.462 e. The molecule has 0 atom stereocenters. The highest BCUT2D eigenvalue weighted by Crippen LogP contribution is 2.12. The molecular formula is C14H16N2O2. The molecule has 18 heavy (non-hydrogen) atoms. The van der Waals surface area contributed by atoms with E-state index >= 15 is 0 Å². The third-order valence-electron chi connectivity index (χ3n) is 2.56. The van der Waals surface area contributed by atoms with Gasteiger partial charge in [0.2, 0.25) is 0 Å². The van der Waals surface area contributed by atoms with Gasteiger partial charge >= 0.3 is 5.97 Å². The number of benzene rings is 1. The smallest absolute Gasteiger partial charge is 0.338 e. The maximum absolute atomic E-state index is 11.5. The average molecular weight is 244 g/mol. The van der Waals surface area contributed by atoms with Gasteiger partial charge in [0.1, 0.15) is 0 Å². The summed E-state index contributed by atoms with van der Waals surface area (Å²) in [4.78, 5) is 14.5. The fraction of sp³-hybridized carbons (Fsp3) is 0.214. The number of esters is 1. The van der Waals surface area contributed by atoms with Crippen molar-refractivity contribution in [3.63, 3.8) is 0 Å². The number of carbonyl (C=O) groups is 1. The maximum Gasteiger partial charge on any atom is 0.338 e. The van der Waals surface area contributed by atoms with Gasteiger partial charge in [-0.1, -0.05) is 0 Å². The van der Waals surface area contributed by atoms with Crippen molar-refractivity contribution in [1.29, 1.82) is 0 Å². The fourth-order valence-corrected chi connectivity index (χ4v) is 1.61. The van der Waals surface area contributed by atoms with E-state index in [9.17, 15) is 4.79 Å². The number of ether oxygens (including phenoxy) is 1. The standard InChI is InChI=1S/C14H16N2O2/c1-2-18-14(17)12-3-5-13(6-4-12)16-10-11-7-8-15-9-11/h3-9,15-16H,2,10H2,1H3. The number of H-pyrrole nitrogens is 1. The summed E-state index contributed by atoms with van der Waals surface area (Å²) in [5, 5.41) is 3.27. The maximum atomic E-state index is 11.5. The van der Waals surface area contributed by atoms with Crippen molar-refractivity contribution >= 4 is 11.7 Å². The molecule has 4 heteroatoms. The van der Waals surface area contributed by atoms with Gasteiger partial charge in [-0.3, -0.25) is 0 Å². The molecule has 2 aromatic rings. The van der Waals surface area contributed by atoms with E-state index in [4.69, 9.17) is 4.74 Å². The summed E-state index contributed by atoms with van der Waals surface area (Å²) in [6.07, 6.45) is 3.83. The van der Waals surface area contributed by atoms with Crippen molar-refractivity contribution in [2.45, 2.75) is 13.5 Å². The molecule has 94 valence electrons. The summed E-state index contributed by atoms with van der Waals surface area (Å²) in [7, 11) is 0. The van der Waals surface area contributed by atoms with Crippen LogP contribution in [0, 0.1) is 0 Å². The van der Waals surface area contributed by atoms with Crippen molar-refractivity contribution in [3.05, 3.63) is 53.9 Å². The molecule has 0 aliphatic rings. The molecule has 0 saturated heterocycles. The quantitative estimate of drug-likeness (QED) is 0.795. The molecule has 0 bridgehead atoms. The highest BCUT2D eigenvalue weighted by atomic mass is 16.5. The molecule has 0 aliphatic heterocycles. The van der Waals surface area contributed by atoms with E-state index in [-0.39, 0.29) is 5.97 Å². The first kappa shape index (κ1) is 12.2.